The van der Waals surface area contributed by atoms with Crippen molar-refractivity contribution in [3.05, 3.63) is 0 Å². The van der Waals surface area contributed by atoms with Gasteiger partial charge in [0.1, 0.15) is 0 Å². The fourth-order valence-electron chi connectivity index (χ4n) is 4.42. The number of carbonyl (C=O) groups excluding carboxylic acids is 1. The van der Waals surface area contributed by atoms with Crippen LogP contribution >= 0.6 is 0 Å². The summed E-state index contributed by atoms with van der Waals surface area (Å²) >= 11 is 0. The quantitative estimate of drug-likeness (QED) is 0.847. The van der Waals surface area contributed by atoms with Gasteiger partial charge in [-0.05, 0) is 44.9 Å². The summed E-state index contributed by atoms with van der Waals surface area (Å²) in [6, 6.07) is 0.240. The van der Waals surface area contributed by atoms with E-state index in [2.05, 4.69) is 24.1 Å². The number of rotatable bonds is 5. The Balaban J connectivity index is 1.76. The molecule has 0 aromatic heterocycles. The Morgan fingerprint density at radius 2 is 2.05 bits per heavy atom. The summed E-state index contributed by atoms with van der Waals surface area (Å²) in [5, 5.41) is 3.66. The van der Waals surface area contributed by atoms with Crippen LogP contribution in [0.4, 0.5) is 0 Å². The van der Waals surface area contributed by atoms with Crippen molar-refractivity contribution in [2.45, 2.75) is 89.6 Å². The van der Waals surface area contributed by atoms with Gasteiger partial charge in [-0.3, -0.25) is 10.1 Å². The molecule has 4 unspecified atom stereocenters. The van der Waals surface area contributed by atoms with Crippen LogP contribution in [0.15, 0.2) is 0 Å². The molecule has 1 amide bonds. The van der Waals surface area contributed by atoms with Crippen LogP contribution < -0.4 is 5.32 Å². The predicted molar refractivity (Wildman–Crippen MR) is 82.9 cm³/mol. The summed E-state index contributed by atoms with van der Waals surface area (Å²) in [6.45, 7) is 5.20. The molecule has 0 spiro atoms. The molecule has 2 aliphatic heterocycles. The molecule has 1 aliphatic carbocycles. The summed E-state index contributed by atoms with van der Waals surface area (Å²) in [7, 11) is 0. The van der Waals surface area contributed by atoms with Crippen LogP contribution in [0, 0.1) is 5.92 Å². The summed E-state index contributed by atoms with van der Waals surface area (Å²) in [5.41, 5.74) is 0. The van der Waals surface area contributed by atoms with Crippen LogP contribution in [-0.2, 0) is 9.53 Å². The van der Waals surface area contributed by atoms with Crippen molar-refractivity contribution in [3.63, 3.8) is 0 Å². The van der Waals surface area contributed by atoms with Crippen LogP contribution in [0.25, 0.3) is 0 Å². The van der Waals surface area contributed by atoms with Crippen molar-refractivity contribution in [1.29, 1.82) is 0 Å². The Bertz CT molecular complexity index is 362. The van der Waals surface area contributed by atoms with Crippen molar-refractivity contribution < 1.29 is 9.53 Å². The Hall–Kier alpha value is -0.610. The maximum Gasteiger partial charge on any atom is 0.241 e. The minimum absolute atomic E-state index is 0.0319. The Morgan fingerprint density at radius 1 is 1.29 bits per heavy atom. The molecule has 2 heterocycles. The normalized spacial score (nSPS) is 35.8. The number of nitrogens with one attached hydrogen (secondary N) is 1. The van der Waals surface area contributed by atoms with E-state index in [9.17, 15) is 4.79 Å². The summed E-state index contributed by atoms with van der Waals surface area (Å²) in [5.74, 6) is 0.955. The lowest BCUT2D eigenvalue weighted by molar-refractivity contribution is -0.135. The van der Waals surface area contributed by atoms with Crippen LogP contribution in [0.1, 0.15) is 65.2 Å². The fourth-order valence-corrected chi connectivity index (χ4v) is 4.42. The van der Waals surface area contributed by atoms with Crippen LogP contribution in [0.3, 0.4) is 0 Å². The highest BCUT2D eigenvalue weighted by atomic mass is 16.5. The highest BCUT2D eigenvalue weighted by Crippen LogP contribution is 2.35. The maximum absolute atomic E-state index is 12.9. The first kappa shape index (κ1) is 15.3. The average molecular weight is 294 g/mol. The monoisotopic (exact) mass is 294 g/mol. The van der Waals surface area contributed by atoms with Gasteiger partial charge in [0.05, 0.1) is 24.4 Å². The zero-order chi connectivity index (χ0) is 14.8. The summed E-state index contributed by atoms with van der Waals surface area (Å²) in [4.78, 5) is 15.0. The third-order valence-corrected chi connectivity index (χ3v) is 5.59. The molecule has 1 saturated carbocycles. The predicted octanol–water partition coefficient (Wildman–Crippen LogP) is 2.67. The maximum atomic E-state index is 12.9. The van der Waals surface area contributed by atoms with Crippen LogP contribution in [0.2, 0.25) is 0 Å². The van der Waals surface area contributed by atoms with Gasteiger partial charge in [0.15, 0.2) is 0 Å². The molecule has 0 aromatic carbocycles. The van der Waals surface area contributed by atoms with E-state index in [-0.39, 0.29) is 24.4 Å². The lowest BCUT2D eigenvalue weighted by Gasteiger charge is -2.36. The Kier molecular flexibility index (Phi) is 4.85. The zero-order valence-corrected chi connectivity index (χ0v) is 13.5. The molecule has 0 bridgehead atoms. The van der Waals surface area contributed by atoms with E-state index in [0.29, 0.717) is 11.8 Å². The van der Waals surface area contributed by atoms with E-state index in [0.717, 1.165) is 32.3 Å². The van der Waals surface area contributed by atoms with Gasteiger partial charge in [-0.1, -0.05) is 26.2 Å². The molecule has 4 nitrogen and oxygen atoms in total. The second-order valence-corrected chi connectivity index (χ2v) is 7.03. The molecule has 120 valence electrons. The van der Waals surface area contributed by atoms with Crippen molar-refractivity contribution >= 4 is 5.91 Å². The first-order valence-corrected chi connectivity index (χ1v) is 8.92. The average Bonchev–Trinajstić information content (AvgIpc) is 3.20. The minimum Gasteiger partial charge on any atom is -0.376 e. The highest BCUT2D eigenvalue weighted by Gasteiger charge is 2.46. The number of amides is 1. The van der Waals surface area contributed by atoms with E-state index >= 15 is 0 Å². The zero-order valence-electron chi connectivity index (χ0n) is 13.5. The fraction of sp³-hybridized carbons (Fsp3) is 0.941. The lowest BCUT2D eigenvalue weighted by atomic mass is 10.0. The molecule has 3 fully saturated rings. The molecule has 21 heavy (non-hydrogen) atoms. The van der Waals surface area contributed by atoms with Gasteiger partial charge in [0.25, 0.3) is 0 Å². The Morgan fingerprint density at radius 3 is 2.67 bits per heavy atom. The molecule has 4 heteroatoms. The van der Waals surface area contributed by atoms with E-state index in [1.54, 1.807) is 0 Å². The summed E-state index contributed by atoms with van der Waals surface area (Å²) in [6.07, 6.45) is 9.89. The van der Waals surface area contributed by atoms with Gasteiger partial charge >= 0.3 is 0 Å². The van der Waals surface area contributed by atoms with E-state index in [1.165, 1.54) is 25.7 Å². The number of hydrogen-bond acceptors (Lipinski definition) is 3. The van der Waals surface area contributed by atoms with Gasteiger partial charge in [-0.15, -0.1) is 0 Å². The second kappa shape index (κ2) is 6.66. The molecule has 0 aromatic rings. The number of ether oxygens (including phenoxy) is 1. The molecule has 4 atom stereocenters. The standard InChI is InChI=1S/C17H30N2O2/c1-3-7-14-17(20)19(12(2)15-10-6-11-21-15)16(18-14)13-8-4-5-9-13/h12-16,18H,3-11H2,1-2H3. The summed E-state index contributed by atoms with van der Waals surface area (Å²) < 4.78 is 5.86. The van der Waals surface area contributed by atoms with Gasteiger partial charge in [0, 0.05) is 6.61 Å². The molecule has 3 aliphatic rings. The van der Waals surface area contributed by atoms with Gasteiger partial charge in [-0.25, -0.2) is 0 Å². The van der Waals surface area contributed by atoms with Gasteiger partial charge in [0.2, 0.25) is 5.91 Å². The van der Waals surface area contributed by atoms with E-state index in [4.69, 9.17) is 4.74 Å². The van der Waals surface area contributed by atoms with Crippen LogP contribution in [-0.4, -0.2) is 41.8 Å². The van der Waals surface area contributed by atoms with Crippen molar-refractivity contribution in [2.75, 3.05) is 6.61 Å². The molecular weight excluding hydrogens is 264 g/mol. The molecule has 1 N–H and O–H groups in total. The lowest BCUT2D eigenvalue weighted by Crippen LogP contribution is -2.51. The van der Waals surface area contributed by atoms with Crippen molar-refractivity contribution in [3.8, 4) is 0 Å². The molecule has 0 radical (unpaired) electrons. The first-order chi connectivity index (χ1) is 10.2. The SMILES string of the molecule is CCCC1NC(C2CCCC2)N(C(C)C2CCCO2)C1=O. The van der Waals surface area contributed by atoms with Crippen molar-refractivity contribution in [1.82, 2.24) is 10.2 Å². The van der Waals surface area contributed by atoms with Crippen LogP contribution in [0.5, 0.6) is 0 Å². The molecule has 2 saturated heterocycles. The van der Waals surface area contributed by atoms with Crippen molar-refractivity contribution in [2.24, 2.45) is 5.92 Å². The third kappa shape index (κ3) is 2.98. The minimum atomic E-state index is 0.0319. The first-order valence-electron chi connectivity index (χ1n) is 8.92. The number of carbonyl (C=O) groups is 1. The van der Waals surface area contributed by atoms with E-state index < -0.39 is 0 Å². The number of hydrogen-bond donors (Lipinski definition) is 1. The molecule has 3 rings (SSSR count). The Labute approximate surface area is 128 Å². The third-order valence-electron chi connectivity index (χ3n) is 5.59. The largest absolute Gasteiger partial charge is 0.376 e. The smallest absolute Gasteiger partial charge is 0.241 e. The van der Waals surface area contributed by atoms with Gasteiger partial charge < -0.3 is 9.64 Å². The topological polar surface area (TPSA) is 41.6 Å². The highest BCUT2D eigenvalue weighted by molar-refractivity contribution is 5.84. The van der Waals surface area contributed by atoms with Gasteiger partial charge in [-0.2, -0.15) is 0 Å². The second-order valence-electron chi connectivity index (χ2n) is 7.03. The number of nitrogens with zero attached hydrogens (tertiary/aromatic N) is 1. The van der Waals surface area contributed by atoms with E-state index in [1.807, 2.05) is 0 Å². The molecular formula is C17H30N2O2.